The molecule has 2 amide bonds. The molecule has 0 saturated heterocycles. The summed E-state index contributed by atoms with van der Waals surface area (Å²) in [6, 6.07) is 6.44. The first-order chi connectivity index (χ1) is 9.44. The van der Waals surface area contributed by atoms with Crippen molar-refractivity contribution in [3.63, 3.8) is 0 Å². The summed E-state index contributed by atoms with van der Waals surface area (Å²) in [5.41, 5.74) is 0.0624. The van der Waals surface area contributed by atoms with Gasteiger partial charge < -0.3 is 10.6 Å². The van der Waals surface area contributed by atoms with Gasteiger partial charge in [-0.05, 0) is 30.3 Å². The first-order valence-corrected chi connectivity index (χ1v) is 6.19. The SMILES string of the molecule is O=C(Nc1cc(Cl)cc(Cl)c1)Nc1cc(F)ccc1F. The van der Waals surface area contributed by atoms with Crippen molar-refractivity contribution in [2.24, 2.45) is 0 Å². The fourth-order valence-corrected chi connectivity index (χ4v) is 2.03. The van der Waals surface area contributed by atoms with Crippen molar-refractivity contribution in [3.05, 3.63) is 58.1 Å². The lowest BCUT2D eigenvalue weighted by Gasteiger charge is -2.09. The van der Waals surface area contributed by atoms with Gasteiger partial charge in [0.15, 0.2) is 0 Å². The molecule has 0 atom stereocenters. The molecule has 0 fully saturated rings. The van der Waals surface area contributed by atoms with Crippen LogP contribution in [0.15, 0.2) is 36.4 Å². The van der Waals surface area contributed by atoms with E-state index in [1.165, 1.54) is 18.2 Å². The van der Waals surface area contributed by atoms with Crippen LogP contribution in [0.2, 0.25) is 10.0 Å². The number of carbonyl (C=O) groups excluding carboxylic acids is 1. The highest BCUT2D eigenvalue weighted by Gasteiger charge is 2.09. The Bertz CT molecular complexity index is 645. The van der Waals surface area contributed by atoms with Gasteiger partial charge in [0.25, 0.3) is 0 Å². The number of benzene rings is 2. The van der Waals surface area contributed by atoms with Crippen molar-refractivity contribution < 1.29 is 13.6 Å². The van der Waals surface area contributed by atoms with Gasteiger partial charge in [0.1, 0.15) is 11.6 Å². The first-order valence-electron chi connectivity index (χ1n) is 5.43. The molecule has 0 saturated carbocycles. The van der Waals surface area contributed by atoms with Crippen molar-refractivity contribution in [1.82, 2.24) is 0 Å². The van der Waals surface area contributed by atoms with Crippen LogP contribution in [0.5, 0.6) is 0 Å². The second kappa shape index (κ2) is 6.07. The van der Waals surface area contributed by atoms with Gasteiger partial charge in [0, 0.05) is 21.8 Å². The lowest BCUT2D eigenvalue weighted by molar-refractivity contribution is 0.262. The summed E-state index contributed by atoms with van der Waals surface area (Å²) in [7, 11) is 0. The van der Waals surface area contributed by atoms with Crippen molar-refractivity contribution in [2.45, 2.75) is 0 Å². The van der Waals surface area contributed by atoms with E-state index < -0.39 is 17.7 Å². The van der Waals surface area contributed by atoms with Gasteiger partial charge in [-0.2, -0.15) is 0 Å². The summed E-state index contributed by atoms with van der Waals surface area (Å²) < 4.78 is 26.3. The maximum Gasteiger partial charge on any atom is 0.323 e. The molecule has 104 valence electrons. The van der Waals surface area contributed by atoms with Gasteiger partial charge >= 0.3 is 6.03 Å². The van der Waals surface area contributed by atoms with Crippen LogP contribution in [0.1, 0.15) is 0 Å². The number of nitrogens with one attached hydrogen (secondary N) is 2. The summed E-state index contributed by atoms with van der Waals surface area (Å²) in [6.07, 6.45) is 0. The van der Waals surface area contributed by atoms with Gasteiger partial charge in [-0.25, -0.2) is 13.6 Å². The predicted octanol–water partition coefficient (Wildman–Crippen LogP) is 4.92. The molecule has 2 aromatic rings. The van der Waals surface area contributed by atoms with E-state index in [4.69, 9.17) is 23.2 Å². The lowest BCUT2D eigenvalue weighted by atomic mass is 10.3. The van der Waals surface area contributed by atoms with Gasteiger partial charge in [-0.15, -0.1) is 0 Å². The molecule has 0 bridgehead atoms. The Morgan fingerprint density at radius 2 is 1.60 bits per heavy atom. The number of halogens is 4. The van der Waals surface area contributed by atoms with Gasteiger partial charge in [0.2, 0.25) is 0 Å². The van der Waals surface area contributed by atoms with Crippen molar-refractivity contribution in [3.8, 4) is 0 Å². The van der Waals surface area contributed by atoms with Crippen LogP contribution in [0.25, 0.3) is 0 Å². The minimum atomic E-state index is -0.745. The number of amides is 2. The smallest absolute Gasteiger partial charge is 0.308 e. The molecule has 7 heteroatoms. The summed E-state index contributed by atoms with van der Waals surface area (Å²) in [5, 5.41) is 5.27. The van der Waals surface area contributed by atoms with E-state index >= 15 is 0 Å². The molecule has 0 aliphatic carbocycles. The third-order valence-corrected chi connectivity index (χ3v) is 2.73. The molecular weight excluding hydrogens is 309 g/mol. The number of urea groups is 1. The van der Waals surface area contributed by atoms with E-state index in [0.29, 0.717) is 15.7 Å². The monoisotopic (exact) mass is 316 g/mol. The van der Waals surface area contributed by atoms with Gasteiger partial charge in [0.05, 0.1) is 5.69 Å². The first kappa shape index (κ1) is 14.6. The Labute approximate surface area is 123 Å². The molecule has 2 aromatic carbocycles. The largest absolute Gasteiger partial charge is 0.323 e. The number of anilines is 2. The standard InChI is InChI=1S/C13H8Cl2F2N2O/c14-7-3-8(15)5-10(4-7)18-13(20)19-12-6-9(16)1-2-11(12)17/h1-6H,(H2,18,19,20). The van der Waals surface area contributed by atoms with Crippen LogP contribution in [0.4, 0.5) is 25.0 Å². The molecule has 2 N–H and O–H groups in total. The second-order valence-electron chi connectivity index (χ2n) is 3.86. The van der Waals surface area contributed by atoms with E-state index in [-0.39, 0.29) is 5.69 Å². The molecule has 0 aromatic heterocycles. The topological polar surface area (TPSA) is 41.1 Å². The highest BCUT2D eigenvalue weighted by atomic mass is 35.5. The maximum atomic E-state index is 13.3. The van der Waals surface area contributed by atoms with Crippen LogP contribution in [-0.2, 0) is 0 Å². The van der Waals surface area contributed by atoms with Gasteiger partial charge in [-0.3, -0.25) is 0 Å². The zero-order valence-electron chi connectivity index (χ0n) is 9.88. The third kappa shape index (κ3) is 3.82. The molecule has 2 rings (SSSR count). The molecule has 0 aliphatic rings. The Balaban J connectivity index is 2.11. The van der Waals surface area contributed by atoms with Crippen LogP contribution in [0, 0.1) is 11.6 Å². The number of hydrogen-bond acceptors (Lipinski definition) is 1. The highest BCUT2D eigenvalue weighted by Crippen LogP contribution is 2.23. The molecule has 3 nitrogen and oxygen atoms in total. The van der Waals surface area contributed by atoms with Crippen molar-refractivity contribution in [1.29, 1.82) is 0 Å². The van der Waals surface area contributed by atoms with Crippen LogP contribution in [0.3, 0.4) is 0 Å². The summed E-state index contributed by atoms with van der Waals surface area (Å²) in [5.74, 6) is -1.40. The fourth-order valence-electron chi connectivity index (χ4n) is 1.50. The molecular formula is C13H8Cl2F2N2O. The minimum Gasteiger partial charge on any atom is -0.308 e. The Morgan fingerprint density at radius 3 is 2.25 bits per heavy atom. The molecule has 0 radical (unpaired) electrons. The number of carbonyl (C=O) groups is 1. The number of rotatable bonds is 2. The molecule has 0 unspecified atom stereocenters. The molecule has 0 aliphatic heterocycles. The van der Waals surface area contributed by atoms with Crippen LogP contribution >= 0.6 is 23.2 Å². The van der Waals surface area contributed by atoms with Crippen LogP contribution < -0.4 is 10.6 Å². The Morgan fingerprint density at radius 1 is 0.950 bits per heavy atom. The lowest BCUT2D eigenvalue weighted by Crippen LogP contribution is -2.20. The van der Waals surface area contributed by atoms with Crippen LogP contribution in [-0.4, -0.2) is 6.03 Å². The second-order valence-corrected chi connectivity index (χ2v) is 4.73. The molecule has 0 spiro atoms. The Hall–Kier alpha value is -1.85. The zero-order chi connectivity index (χ0) is 14.7. The maximum absolute atomic E-state index is 13.3. The Kier molecular flexibility index (Phi) is 4.42. The predicted molar refractivity (Wildman–Crippen MR) is 75.5 cm³/mol. The van der Waals surface area contributed by atoms with E-state index in [1.54, 1.807) is 0 Å². The average Bonchev–Trinajstić information content (AvgIpc) is 2.32. The summed E-state index contributed by atoms with van der Waals surface area (Å²) >= 11 is 11.5. The minimum absolute atomic E-state index is 0.268. The third-order valence-electron chi connectivity index (χ3n) is 2.30. The van der Waals surface area contributed by atoms with Crippen molar-refractivity contribution in [2.75, 3.05) is 10.6 Å². The zero-order valence-corrected chi connectivity index (χ0v) is 11.4. The summed E-state index contributed by atoms with van der Waals surface area (Å²) in [4.78, 5) is 11.7. The quantitative estimate of drug-likeness (QED) is 0.811. The van der Waals surface area contributed by atoms with E-state index in [1.807, 2.05) is 0 Å². The molecule has 0 heterocycles. The summed E-state index contributed by atoms with van der Waals surface area (Å²) in [6.45, 7) is 0. The van der Waals surface area contributed by atoms with Crippen molar-refractivity contribution >= 4 is 40.6 Å². The highest BCUT2D eigenvalue weighted by molar-refractivity contribution is 6.35. The van der Waals surface area contributed by atoms with E-state index in [9.17, 15) is 13.6 Å². The number of hydrogen-bond donors (Lipinski definition) is 2. The van der Waals surface area contributed by atoms with E-state index in [0.717, 1.165) is 18.2 Å². The molecule has 20 heavy (non-hydrogen) atoms. The average molecular weight is 317 g/mol. The van der Waals surface area contributed by atoms with E-state index in [2.05, 4.69) is 10.6 Å². The fraction of sp³-hybridized carbons (Fsp3) is 0. The van der Waals surface area contributed by atoms with Gasteiger partial charge in [-0.1, -0.05) is 23.2 Å². The normalized spacial score (nSPS) is 10.2.